The Morgan fingerprint density at radius 1 is 0.739 bits per heavy atom. The van der Waals surface area contributed by atoms with Crippen LogP contribution in [0.2, 0.25) is 0 Å². The maximum atomic E-state index is 2.52. The number of hydrogen-bond donors (Lipinski definition) is 0. The predicted octanol–water partition coefficient (Wildman–Crippen LogP) is 6.43. The lowest BCUT2D eigenvalue weighted by molar-refractivity contribution is 0.293. The second kappa shape index (κ2) is 11.1. The highest BCUT2D eigenvalue weighted by atomic mass is 31.1. The van der Waals surface area contributed by atoms with Crippen molar-refractivity contribution in [2.45, 2.75) is 86.5 Å². The lowest BCUT2D eigenvalue weighted by Gasteiger charge is -2.27. The molecule has 2 nitrogen and oxygen atoms in total. The van der Waals surface area contributed by atoms with Crippen LogP contribution in [0.3, 0.4) is 0 Å². The molecule has 3 heteroatoms. The summed E-state index contributed by atoms with van der Waals surface area (Å²) in [5.41, 5.74) is 0.971. The minimum Gasteiger partial charge on any atom is -0.279 e. The number of hydrogen-bond acceptors (Lipinski definition) is 2. The molecule has 140 valence electrons. The fourth-order valence-corrected chi connectivity index (χ4v) is 4.13. The molecule has 0 bridgehead atoms. The minimum atomic E-state index is 0.480. The maximum absolute atomic E-state index is 2.52. The van der Waals surface area contributed by atoms with Crippen LogP contribution < -0.4 is 0 Å². The fourth-order valence-electron chi connectivity index (χ4n) is 3.11. The largest absolute Gasteiger partial charge is 0.279 e. The summed E-state index contributed by atoms with van der Waals surface area (Å²) in [6, 6.07) is 0. The zero-order valence-electron chi connectivity index (χ0n) is 17.6. The van der Waals surface area contributed by atoms with Gasteiger partial charge in [0.25, 0.3) is 0 Å². The Morgan fingerprint density at radius 2 is 1.22 bits per heavy atom. The van der Waals surface area contributed by atoms with Gasteiger partial charge in [0.05, 0.1) is 0 Å². The van der Waals surface area contributed by atoms with Crippen molar-refractivity contribution in [2.24, 2.45) is 16.7 Å². The van der Waals surface area contributed by atoms with Crippen LogP contribution >= 0.6 is 8.88 Å². The van der Waals surface area contributed by atoms with Crippen molar-refractivity contribution in [1.82, 2.24) is 9.34 Å². The van der Waals surface area contributed by atoms with Crippen LogP contribution in [0.4, 0.5) is 0 Å². The third-order valence-corrected chi connectivity index (χ3v) is 5.16. The molecule has 0 aliphatic rings. The van der Waals surface area contributed by atoms with Crippen molar-refractivity contribution in [3.05, 3.63) is 0 Å². The number of nitrogens with zero attached hydrogens (tertiary/aromatic N) is 2. The van der Waals surface area contributed by atoms with Crippen molar-refractivity contribution >= 4 is 8.88 Å². The Bertz CT molecular complexity index is 289. The van der Waals surface area contributed by atoms with Crippen molar-refractivity contribution in [1.29, 1.82) is 0 Å². The molecule has 0 saturated heterocycles. The van der Waals surface area contributed by atoms with Crippen LogP contribution in [-0.2, 0) is 0 Å². The molecule has 0 rings (SSSR count). The number of unbranched alkanes of at least 4 members (excludes halogenated alkanes) is 1. The molecular formula is C20H45N2P. The van der Waals surface area contributed by atoms with Gasteiger partial charge in [0.15, 0.2) is 0 Å². The summed E-state index contributed by atoms with van der Waals surface area (Å²) in [6.07, 6.45) is 9.68. The van der Waals surface area contributed by atoms with E-state index < -0.39 is 0 Å². The van der Waals surface area contributed by atoms with Gasteiger partial charge in [-0.05, 0) is 63.6 Å². The van der Waals surface area contributed by atoms with Gasteiger partial charge in [-0.3, -0.25) is 9.34 Å². The van der Waals surface area contributed by atoms with Gasteiger partial charge in [-0.1, -0.05) is 60.8 Å². The molecular weight excluding hydrogens is 299 g/mol. The normalized spacial score (nSPS) is 15.3. The Balaban J connectivity index is 4.25. The lowest BCUT2D eigenvalue weighted by atomic mass is 9.85. The summed E-state index contributed by atoms with van der Waals surface area (Å²) in [4.78, 5) is 0. The third-order valence-electron chi connectivity index (χ3n) is 4.23. The van der Waals surface area contributed by atoms with Crippen LogP contribution in [0.15, 0.2) is 0 Å². The molecule has 0 aromatic carbocycles. The van der Waals surface area contributed by atoms with Crippen molar-refractivity contribution in [2.75, 3.05) is 27.7 Å². The van der Waals surface area contributed by atoms with Crippen molar-refractivity contribution in [3.63, 3.8) is 0 Å². The zero-order valence-corrected chi connectivity index (χ0v) is 18.6. The highest BCUT2D eigenvalue weighted by Crippen LogP contribution is 2.29. The van der Waals surface area contributed by atoms with Gasteiger partial charge in [0.2, 0.25) is 0 Å². The second-order valence-electron chi connectivity index (χ2n) is 10.0. The monoisotopic (exact) mass is 344 g/mol. The molecule has 0 N–H and O–H groups in total. The van der Waals surface area contributed by atoms with Gasteiger partial charge in [-0.2, -0.15) is 0 Å². The van der Waals surface area contributed by atoms with E-state index >= 15 is 0 Å². The van der Waals surface area contributed by atoms with E-state index in [1.807, 2.05) is 0 Å². The topological polar surface area (TPSA) is 6.48 Å². The average molecular weight is 345 g/mol. The Kier molecular flexibility index (Phi) is 11.2. The molecule has 0 aromatic heterocycles. The fraction of sp³-hybridized carbons (Fsp3) is 1.00. The average Bonchev–Trinajstić information content (AvgIpc) is 2.30. The van der Waals surface area contributed by atoms with Crippen LogP contribution in [-0.4, -0.2) is 37.0 Å². The van der Waals surface area contributed by atoms with Crippen molar-refractivity contribution in [3.8, 4) is 0 Å². The van der Waals surface area contributed by atoms with Crippen LogP contribution in [0, 0.1) is 16.7 Å². The van der Waals surface area contributed by atoms with Gasteiger partial charge in [0, 0.05) is 15.4 Å². The SMILES string of the molecule is CN(C)PN(C)CC(CCCCC(C)(C)C)CCCC(C)(C)C. The first-order valence-corrected chi connectivity index (χ1v) is 10.4. The Hall–Kier alpha value is 0.350. The van der Waals surface area contributed by atoms with Gasteiger partial charge in [-0.25, -0.2) is 0 Å². The van der Waals surface area contributed by atoms with Gasteiger partial charge < -0.3 is 0 Å². The molecule has 0 aliphatic heterocycles. The third kappa shape index (κ3) is 17.0. The molecule has 2 atom stereocenters. The van der Waals surface area contributed by atoms with E-state index in [4.69, 9.17) is 0 Å². The first kappa shape index (κ1) is 23.4. The molecule has 0 spiro atoms. The predicted molar refractivity (Wildman–Crippen MR) is 109 cm³/mol. The van der Waals surface area contributed by atoms with Gasteiger partial charge in [0.1, 0.15) is 0 Å². The zero-order chi connectivity index (χ0) is 18.1. The first-order chi connectivity index (χ1) is 10.4. The van der Waals surface area contributed by atoms with E-state index in [1.165, 1.54) is 51.5 Å². The van der Waals surface area contributed by atoms with E-state index in [9.17, 15) is 0 Å². The quantitative estimate of drug-likeness (QED) is 0.315. The van der Waals surface area contributed by atoms with Gasteiger partial charge in [-0.15, -0.1) is 0 Å². The molecule has 0 amide bonds. The molecule has 0 saturated carbocycles. The smallest absolute Gasteiger partial charge is 0.0232 e. The summed E-state index contributed by atoms with van der Waals surface area (Å²) >= 11 is 0. The molecule has 23 heavy (non-hydrogen) atoms. The lowest BCUT2D eigenvalue weighted by Crippen LogP contribution is -2.22. The maximum Gasteiger partial charge on any atom is 0.0232 e. The van der Waals surface area contributed by atoms with E-state index in [1.54, 1.807) is 0 Å². The summed E-state index contributed by atoms with van der Waals surface area (Å²) in [7, 11) is 7.44. The van der Waals surface area contributed by atoms with E-state index in [0.29, 0.717) is 10.8 Å². The van der Waals surface area contributed by atoms with E-state index in [-0.39, 0.29) is 0 Å². The minimum absolute atomic E-state index is 0.480. The molecule has 0 fully saturated rings. The Morgan fingerprint density at radius 3 is 1.70 bits per heavy atom. The molecule has 0 aliphatic carbocycles. The van der Waals surface area contributed by atoms with Gasteiger partial charge >= 0.3 is 0 Å². The summed E-state index contributed by atoms with van der Waals surface area (Å²) in [5, 5.41) is 0. The summed E-state index contributed by atoms with van der Waals surface area (Å²) < 4.78 is 4.82. The van der Waals surface area contributed by atoms with Crippen LogP contribution in [0.5, 0.6) is 0 Å². The highest BCUT2D eigenvalue weighted by Gasteiger charge is 2.16. The van der Waals surface area contributed by atoms with Crippen LogP contribution in [0.25, 0.3) is 0 Å². The molecule has 0 radical (unpaired) electrons. The highest BCUT2D eigenvalue weighted by molar-refractivity contribution is 7.32. The first-order valence-electron chi connectivity index (χ1n) is 9.54. The molecule has 2 unspecified atom stereocenters. The van der Waals surface area contributed by atoms with E-state index in [0.717, 1.165) is 14.8 Å². The van der Waals surface area contributed by atoms with Crippen molar-refractivity contribution < 1.29 is 0 Å². The van der Waals surface area contributed by atoms with Crippen LogP contribution in [0.1, 0.15) is 86.5 Å². The number of rotatable bonds is 11. The second-order valence-corrected chi connectivity index (χ2v) is 11.9. The standard InChI is InChI=1S/C20H45N2P/c1-19(2,3)15-11-10-13-18(14-12-16-20(4,5)6)17-22(9)23-21(7)8/h18,23H,10-17H2,1-9H3. The summed E-state index contributed by atoms with van der Waals surface area (Å²) in [6.45, 7) is 15.4. The van der Waals surface area contributed by atoms with E-state index in [2.05, 4.69) is 72.0 Å². The summed E-state index contributed by atoms with van der Waals surface area (Å²) in [5.74, 6) is 0.870. The molecule has 0 heterocycles. The Labute approximate surface area is 149 Å². The molecule has 0 aromatic rings.